The first kappa shape index (κ1) is 24.5. The third-order valence-electron chi connectivity index (χ3n) is 8.86. The molecule has 2 heterocycles. The van der Waals surface area contributed by atoms with Crippen molar-refractivity contribution in [2.45, 2.75) is 88.0 Å². The van der Waals surface area contributed by atoms with E-state index in [1.165, 1.54) is 24.2 Å². The second kappa shape index (κ2) is 9.33. The lowest BCUT2D eigenvalue weighted by atomic mass is 9.79. The van der Waals surface area contributed by atoms with Crippen LogP contribution in [0.25, 0.3) is 0 Å². The van der Waals surface area contributed by atoms with Crippen molar-refractivity contribution < 1.29 is 18.0 Å². The maximum absolute atomic E-state index is 13.7. The van der Waals surface area contributed by atoms with Crippen molar-refractivity contribution in [3.8, 4) is 0 Å². The number of hydrogen-bond donors (Lipinski definition) is 2. The Kier molecular flexibility index (Phi) is 6.72. The van der Waals surface area contributed by atoms with Gasteiger partial charge in [0, 0.05) is 50.7 Å². The molecule has 10 heteroatoms. The Morgan fingerprint density at radius 3 is 2.41 bits per heavy atom. The summed E-state index contributed by atoms with van der Waals surface area (Å²) in [5, 5.41) is 1.43. The third kappa shape index (κ3) is 5.01. The molecule has 192 valence electrons. The van der Waals surface area contributed by atoms with Crippen LogP contribution >= 0.6 is 0 Å². The van der Waals surface area contributed by atoms with Gasteiger partial charge in [-0.3, -0.25) is 15.1 Å². The van der Waals surface area contributed by atoms with Crippen molar-refractivity contribution in [2.75, 3.05) is 33.2 Å². The first-order valence-electron chi connectivity index (χ1n) is 13.2. The van der Waals surface area contributed by atoms with Crippen LogP contribution in [0.5, 0.6) is 0 Å². The molecule has 5 rings (SSSR count). The summed E-state index contributed by atoms with van der Waals surface area (Å²) >= 11 is 0. The first-order chi connectivity index (χ1) is 16.2. The zero-order valence-electron chi connectivity index (χ0n) is 20.7. The van der Waals surface area contributed by atoms with Crippen LogP contribution in [0.15, 0.2) is 0 Å². The van der Waals surface area contributed by atoms with E-state index in [4.69, 9.17) is 0 Å². The molecule has 0 spiro atoms. The molecule has 4 atom stereocenters. The van der Waals surface area contributed by atoms with E-state index in [1.54, 1.807) is 0 Å². The number of urea groups is 1. The maximum atomic E-state index is 13.7. The molecule has 3 saturated carbocycles. The summed E-state index contributed by atoms with van der Waals surface area (Å²) < 4.78 is 29.2. The number of hydrogen-bond acceptors (Lipinski definition) is 6. The van der Waals surface area contributed by atoms with Gasteiger partial charge in [-0.05, 0) is 57.8 Å². The third-order valence-corrected chi connectivity index (χ3v) is 10.9. The van der Waals surface area contributed by atoms with Gasteiger partial charge in [-0.2, -0.15) is 0 Å². The number of carbonyl (C=O) groups excluding carboxylic acids is 2. The lowest BCUT2D eigenvalue weighted by Crippen LogP contribution is -2.65. The Morgan fingerprint density at radius 1 is 1.03 bits per heavy atom. The van der Waals surface area contributed by atoms with Crippen LogP contribution in [0.2, 0.25) is 0 Å². The van der Waals surface area contributed by atoms with Gasteiger partial charge in [0.2, 0.25) is 15.9 Å². The predicted molar refractivity (Wildman–Crippen MR) is 129 cm³/mol. The average molecular weight is 496 g/mol. The second-order valence-corrected chi connectivity index (χ2v) is 13.8. The molecular weight excluding hydrogens is 454 g/mol. The summed E-state index contributed by atoms with van der Waals surface area (Å²) in [6, 6.07) is -0.332. The fraction of sp³-hybridized carbons (Fsp3) is 0.917. The fourth-order valence-electron chi connectivity index (χ4n) is 6.56. The molecule has 0 radical (unpaired) electrons. The molecule has 0 bridgehead atoms. The molecule has 0 aromatic carbocycles. The van der Waals surface area contributed by atoms with Gasteiger partial charge in [0.05, 0.1) is 11.2 Å². The number of hydrazine groups is 1. The highest BCUT2D eigenvalue weighted by Crippen LogP contribution is 2.41. The zero-order chi connectivity index (χ0) is 24.1. The fourth-order valence-corrected chi connectivity index (χ4v) is 8.52. The first-order valence-corrected chi connectivity index (χ1v) is 14.8. The summed E-state index contributed by atoms with van der Waals surface area (Å²) in [5.41, 5.74) is 2.94. The molecule has 2 saturated heterocycles. The number of imide groups is 1. The topological polar surface area (TPSA) is 102 Å². The van der Waals surface area contributed by atoms with Crippen LogP contribution < -0.4 is 10.1 Å². The molecule has 3 aliphatic carbocycles. The molecule has 5 aliphatic rings. The van der Waals surface area contributed by atoms with Crippen molar-refractivity contribution in [3.05, 3.63) is 0 Å². The van der Waals surface area contributed by atoms with E-state index < -0.39 is 21.2 Å². The molecule has 4 unspecified atom stereocenters. The molecular formula is C24H41N5O4S. The number of nitrogens with one attached hydrogen (secondary N) is 2. The van der Waals surface area contributed by atoms with E-state index >= 15 is 0 Å². The number of nitrogens with zero attached hydrogens (tertiary/aromatic N) is 3. The lowest BCUT2D eigenvalue weighted by molar-refractivity contribution is -0.141. The van der Waals surface area contributed by atoms with Crippen molar-refractivity contribution in [1.29, 1.82) is 0 Å². The normalized spacial score (nSPS) is 35.0. The molecule has 3 amide bonds. The smallest absolute Gasteiger partial charge is 0.320 e. The highest BCUT2D eigenvalue weighted by atomic mass is 32.2. The van der Waals surface area contributed by atoms with Crippen molar-refractivity contribution in [2.24, 2.45) is 17.8 Å². The predicted octanol–water partition coefficient (Wildman–Crippen LogP) is 1.91. The minimum atomic E-state index is -3.50. The minimum Gasteiger partial charge on any atom is -0.320 e. The highest BCUT2D eigenvalue weighted by molar-refractivity contribution is 7.90. The molecule has 0 aromatic heterocycles. The van der Waals surface area contributed by atoms with Gasteiger partial charge in [-0.1, -0.05) is 19.3 Å². The summed E-state index contributed by atoms with van der Waals surface area (Å²) in [4.78, 5) is 30.8. The number of sulfonamides is 1. The Hall–Kier alpha value is -1.23. The quantitative estimate of drug-likeness (QED) is 0.559. The molecule has 0 aromatic rings. The molecule has 5 fully saturated rings. The van der Waals surface area contributed by atoms with Crippen molar-refractivity contribution in [1.82, 2.24) is 25.0 Å². The second-order valence-electron chi connectivity index (χ2n) is 11.8. The van der Waals surface area contributed by atoms with E-state index in [1.807, 2.05) is 23.9 Å². The van der Waals surface area contributed by atoms with Gasteiger partial charge in [-0.15, -0.1) is 0 Å². The van der Waals surface area contributed by atoms with Crippen molar-refractivity contribution >= 4 is 22.0 Å². The van der Waals surface area contributed by atoms with E-state index in [0.717, 1.165) is 38.8 Å². The summed E-state index contributed by atoms with van der Waals surface area (Å²) in [5.74, 6) is 0.0638. The van der Waals surface area contributed by atoms with Gasteiger partial charge in [-0.25, -0.2) is 22.9 Å². The monoisotopic (exact) mass is 495 g/mol. The number of rotatable bonds is 7. The van der Waals surface area contributed by atoms with Crippen LogP contribution in [0.1, 0.15) is 71.1 Å². The molecule has 2 aliphatic heterocycles. The zero-order valence-corrected chi connectivity index (χ0v) is 21.5. The standard InChI is InChI=1S/C24H41N5O4S/c1-24(10-11-24)26-34(32,33)19-8-9-21-20(12-19)22(30)29(16-18-13-25-27(2)14-18)23(31)28(21)15-17-6-4-3-5-7-17/h17-21,25-26H,3-16H2,1-2H3. The van der Waals surface area contributed by atoms with Gasteiger partial charge in [0.25, 0.3) is 0 Å². The summed E-state index contributed by atoms with van der Waals surface area (Å²) in [6.45, 7) is 4.56. The highest BCUT2D eigenvalue weighted by Gasteiger charge is 2.52. The minimum absolute atomic E-state index is 0.156. The molecule has 9 nitrogen and oxygen atoms in total. The van der Waals surface area contributed by atoms with Gasteiger partial charge >= 0.3 is 6.03 Å². The molecule has 34 heavy (non-hydrogen) atoms. The molecule has 2 N–H and O–H groups in total. The average Bonchev–Trinajstić information content (AvgIpc) is 3.37. The van der Waals surface area contributed by atoms with Gasteiger partial charge in [0.1, 0.15) is 0 Å². The van der Waals surface area contributed by atoms with Crippen LogP contribution in [0.4, 0.5) is 4.79 Å². The Morgan fingerprint density at radius 2 is 1.76 bits per heavy atom. The maximum Gasteiger partial charge on any atom is 0.326 e. The van der Waals surface area contributed by atoms with E-state index in [2.05, 4.69) is 10.1 Å². The largest absolute Gasteiger partial charge is 0.326 e. The van der Waals surface area contributed by atoms with E-state index in [0.29, 0.717) is 38.3 Å². The SMILES string of the molecule is CN1CC(CN2C(=O)C3CC(S(=O)(=O)NC4(C)CC4)CCC3N(CC3CCCCC3)C2=O)CN1. The summed E-state index contributed by atoms with van der Waals surface area (Å²) in [7, 11) is -1.53. The summed E-state index contributed by atoms with van der Waals surface area (Å²) in [6.07, 6.45) is 9.05. The van der Waals surface area contributed by atoms with Crippen LogP contribution in [0.3, 0.4) is 0 Å². The number of fused-ring (bicyclic) bond motifs is 1. The van der Waals surface area contributed by atoms with E-state index in [9.17, 15) is 18.0 Å². The Balaban J connectivity index is 1.36. The van der Waals surface area contributed by atoms with E-state index in [-0.39, 0.29) is 29.4 Å². The Bertz CT molecular complexity index is 901. The number of amides is 3. The van der Waals surface area contributed by atoms with Crippen LogP contribution in [-0.4, -0.2) is 85.2 Å². The van der Waals surface area contributed by atoms with Crippen LogP contribution in [-0.2, 0) is 14.8 Å². The van der Waals surface area contributed by atoms with Crippen LogP contribution in [0, 0.1) is 17.8 Å². The van der Waals surface area contributed by atoms with Gasteiger partial charge in [0.15, 0.2) is 0 Å². The van der Waals surface area contributed by atoms with Crippen molar-refractivity contribution in [3.63, 3.8) is 0 Å². The lowest BCUT2D eigenvalue weighted by Gasteiger charge is -2.49. The Labute approximate surface area is 204 Å². The number of carbonyl (C=O) groups is 2. The van der Waals surface area contributed by atoms with Gasteiger partial charge < -0.3 is 4.90 Å².